The molecule has 2 heterocycles. The van der Waals surface area contributed by atoms with Crippen LogP contribution in [0.5, 0.6) is 0 Å². The van der Waals surface area contributed by atoms with Gasteiger partial charge < -0.3 is 0 Å². The van der Waals surface area contributed by atoms with E-state index in [0.29, 0.717) is 29.0 Å². The summed E-state index contributed by atoms with van der Waals surface area (Å²) in [7, 11) is 0. The number of benzene rings is 9. The first kappa shape index (κ1) is 33.4. The molecular formula is C53H33N5. The molecule has 0 saturated carbocycles. The predicted molar refractivity (Wildman–Crippen MR) is 238 cm³/mol. The second-order valence-electron chi connectivity index (χ2n) is 14.5. The van der Waals surface area contributed by atoms with Gasteiger partial charge in [0.15, 0.2) is 23.3 Å². The average molecular weight is 740 g/mol. The van der Waals surface area contributed by atoms with Gasteiger partial charge in [0.25, 0.3) is 0 Å². The van der Waals surface area contributed by atoms with E-state index >= 15 is 0 Å². The van der Waals surface area contributed by atoms with Crippen molar-refractivity contribution in [1.29, 1.82) is 0 Å². The summed E-state index contributed by atoms with van der Waals surface area (Å²) in [5.74, 6) is 2.22. The van der Waals surface area contributed by atoms with Crippen LogP contribution >= 0.6 is 0 Å². The van der Waals surface area contributed by atoms with Gasteiger partial charge in [0.1, 0.15) is 5.69 Å². The van der Waals surface area contributed by atoms with Crippen molar-refractivity contribution in [2.24, 2.45) is 0 Å². The first-order chi connectivity index (χ1) is 28.7. The van der Waals surface area contributed by atoms with Gasteiger partial charge in [-0.15, -0.1) is 0 Å². The van der Waals surface area contributed by atoms with E-state index in [2.05, 4.69) is 127 Å². The standard InChI is InChI=1S/C53H33N5/c1-3-15-35(16-4-1)50-54-48(40-21-13-20-38(30-40)39-28-29-46-44-24-10-9-22-42(44)43-23-11-12-25-45(43)47(46)32-39)33-49(55-50)53-57-51(36-17-5-2-6-18-36)56-52(58-53)41-27-26-34-14-7-8-19-37(34)31-41/h1-33H. The fourth-order valence-corrected chi connectivity index (χ4v) is 8.04. The third-order valence-corrected chi connectivity index (χ3v) is 10.9. The number of hydrogen-bond donors (Lipinski definition) is 0. The third-order valence-electron chi connectivity index (χ3n) is 10.9. The van der Waals surface area contributed by atoms with E-state index in [4.69, 9.17) is 24.9 Å². The van der Waals surface area contributed by atoms with Crippen LogP contribution < -0.4 is 0 Å². The smallest absolute Gasteiger partial charge is 0.182 e. The van der Waals surface area contributed by atoms with Crippen LogP contribution in [0.1, 0.15) is 0 Å². The Kier molecular flexibility index (Phi) is 8.07. The van der Waals surface area contributed by atoms with E-state index in [1.807, 2.05) is 72.8 Å². The van der Waals surface area contributed by atoms with Gasteiger partial charge in [-0.3, -0.25) is 0 Å². The van der Waals surface area contributed by atoms with Crippen molar-refractivity contribution in [3.8, 4) is 68.1 Å². The highest BCUT2D eigenvalue weighted by atomic mass is 15.1. The lowest BCUT2D eigenvalue weighted by atomic mass is 9.91. The Morgan fingerprint density at radius 1 is 0.207 bits per heavy atom. The Balaban J connectivity index is 1.08. The van der Waals surface area contributed by atoms with E-state index in [-0.39, 0.29) is 0 Å². The lowest BCUT2D eigenvalue weighted by Gasteiger charge is -2.13. The topological polar surface area (TPSA) is 64.5 Å². The molecule has 5 heteroatoms. The molecule has 0 aliphatic carbocycles. The van der Waals surface area contributed by atoms with Gasteiger partial charge >= 0.3 is 0 Å². The maximum Gasteiger partial charge on any atom is 0.182 e. The molecule has 0 saturated heterocycles. The fourth-order valence-electron chi connectivity index (χ4n) is 8.04. The SMILES string of the molecule is c1ccc(-c2nc(-c3cccc(-c4ccc5c6ccccc6c6ccccc6c5c4)c3)cc(-c3nc(-c4ccccc4)nc(-c4ccc5ccccc5c4)n3)n2)cc1. The first-order valence-electron chi connectivity index (χ1n) is 19.4. The van der Waals surface area contributed by atoms with Gasteiger partial charge in [-0.1, -0.05) is 176 Å². The Hall–Kier alpha value is -7.89. The summed E-state index contributed by atoms with van der Waals surface area (Å²) in [5, 5.41) is 9.80. The van der Waals surface area contributed by atoms with Crippen LogP contribution in [0, 0.1) is 0 Å². The molecule has 0 N–H and O–H groups in total. The van der Waals surface area contributed by atoms with Crippen molar-refractivity contribution in [2.45, 2.75) is 0 Å². The van der Waals surface area contributed by atoms with Gasteiger partial charge in [-0.05, 0) is 78.5 Å². The maximum absolute atomic E-state index is 5.17. The van der Waals surface area contributed by atoms with Gasteiger partial charge in [0, 0.05) is 22.3 Å². The molecule has 0 atom stereocenters. The quantitative estimate of drug-likeness (QED) is 0.159. The Bertz CT molecular complexity index is 3310. The van der Waals surface area contributed by atoms with Crippen molar-refractivity contribution in [3.05, 3.63) is 200 Å². The summed E-state index contributed by atoms with van der Waals surface area (Å²) in [6.07, 6.45) is 0. The van der Waals surface area contributed by atoms with Crippen LogP contribution in [0.25, 0.3) is 111 Å². The molecule has 0 bridgehead atoms. The van der Waals surface area contributed by atoms with E-state index in [1.54, 1.807) is 0 Å². The summed E-state index contributed by atoms with van der Waals surface area (Å²) in [5.41, 5.74) is 7.30. The largest absolute Gasteiger partial charge is 0.228 e. The average Bonchev–Trinajstić information content (AvgIpc) is 3.31. The van der Waals surface area contributed by atoms with Gasteiger partial charge in [0.2, 0.25) is 0 Å². The van der Waals surface area contributed by atoms with Crippen LogP contribution in [0.15, 0.2) is 200 Å². The van der Waals surface area contributed by atoms with Gasteiger partial charge in [-0.2, -0.15) is 0 Å². The normalized spacial score (nSPS) is 11.4. The van der Waals surface area contributed by atoms with Crippen LogP contribution in [0.2, 0.25) is 0 Å². The molecular weight excluding hydrogens is 707 g/mol. The van der Waals surface area contributed by atoms with Crippen molar-refractivity contribution >= 4 is 43.1 Å². The predicted octanol–water partition coefficient (Wildman–Crippen LogP) is 13.3. The summed E-state index contributed by atoms with van der Waals surface area (Å²) in [4.78, 5) is 25.5. The molecule has 2 aromatic heterocycles. The molecule has 11 rings (SSSR count). The molecule has 5 nitrogen and oxygen atoms in total. The molecule has 270 valence electrons. The lowest BCUT2D eigenvalue weighted by molar-refractivity contribution is 1.05. The highest BCUT2D eigenvalue weighted by Gasteiger charge is 2.18. The molecule has 0 unspecified atom stereocenters. The van der Waals surface area contributed by atoms with Crippen LogP contribution in [-0.2, 0) is 0 Å². The zero-order valence-corrected chi connectivity index (χ0v) is 31.3. The van der Waals surface area contributed by atoms with Crippen molar-refractivity contribution in [3.63, 3.8) is 0 Å². The number of fused-ring (bicyclic) bond motifs is 7. The minimum atomic E-state index is 0.475. The van der Waals surface area contributed by atoms with E-state index in [0.717, 1.165) is 49.8 Å². The summed E-state index contributed by atoms with van der Waals surface area (Å²) < 4.78 is 0. The van der Waals surface area contributed by atoms with E-state index in [9.17, 15) is 0 Å². The molecule has 0 aliphatic heterocycles. The molecule has 0 aliphatic rings. The van der Waals surface area contributed by atoms with Crippen molar-refractivity contribution in [1.82, 2.24) is 24.9 Å². The van der Waals surface area contributed by atoms with E-state index < -0.39 is 0 Å². The number of rotatable bonds is 6. The number of hydrogen-bond acceptors (Lipinski definition) is 5. The maximum atomic E-state index is 5.17. The summed E-state index contributed by atoms with van der Waals surface area (Å²) in [6, 6.07) is 69.6. The fraction of sp³-hybridized carbons (Fsp3) is 0. The first-order valence-corrected chi connectivity index (χ1v) is 19.4. The van der Waals surface area contributed by atoms with Gasteiger partial charge in [0.05, 0.1) is 5.69 Å². The van der Waals surface area contributed by atoms with E-state index in [1.165, 1.54) is 32.3 Å². The number of nitrogens with zero attached hydrogens (tertiary/aromatic N) is 5. The minimum absolute atomic E-state index is 0.475. The molecule has 0 spiro atoms. The van der Waals surface area contributed by atoms with Crippen LogP contribution in [0.3, 0.4) is 0 Å². The van der Waals surface area contributed by atoms with Gasteiger partial charge in [-0.25, -0.2) is 24.9 Å². The number of aromatic nitrogens is 5. The third kappa shape index (κ3) is 6.03. The molecule has 11 aromatic rings. The Labute approximate surface area is 335 Å². The zero-order valence-electron chi connectivity index (χ0n) is 31.3. The lowest BCUT2D eigenvalue weighted by Crippen LogP contribution is -2.03. The summed E-state index contributed by atoms with van der Waals surface area (Å²) >= 11 is 0. The summed E-state index contributed by atoms with van der Waals surface area (Å²) in [6.45, 7) is 0. The molecule has 9 aromatic carbocycles. The second kappa shape index (κ2) is 14.0. The highest BCUT2D eigenvalue weighted by Crippen LogP contribution is 2.38. The van der Waals surface area contributed by atoms with Crippen molar-refractivity contribution in [2.75, 3.05) is 0 Å². The van der Waals surface area contributed by atoms with Crippen LogP contribution in [0.4, 0.5) is 0 Å². The molecule has 0 amide bonds. The second-order valence-corrected chi connectivity index (χ2v) is 14.5. The zero-order chi connectivity index (χ0) is 38.4. The Morgan fingerprint density at radius 3 is 1.36 bits per heavy atom. The van der Waals surface area contributed by atoms with Crippen LogP contribution in [-0.4, -0.2) is 24.9 Å². The minimum Gasteiger partial charge on any atom is -0.228 e. The van der Waals surface area contributed by atoms with Crippen molar-refractivity contribution < 1.29 is 0 Å². The molecule has 58 heavy (non-hydrogen) atoms. The monoisotopic (exact) mass is 739 g/mol. The Morgan fingerprint density at radius 2 is 0.672 bits per heavy atom. The molecule has 0 radical (unpaired) electrons. The highest BCUT2D eigenvalue weighted by molar-refractivity contribution is 6.25. The molecule has 0 fully saturated rings.